The Kier molecular flexibility index (Phi) is 6.99. The van der Waals surface area contributed by atoms with Crippen LogP contribution in [0.2, 0.25) is 0 Å². The molecule has 1 aliphatic rings. The van der Waals surface area contributed by atoms with Gasteiger partial charge in [0.15, 0.2) is 0 Å². The molecule has 1 fully saturated rings. The SMILES string of the molecule is O=C(O)c1cccc(COc2ccc(/C=N\NC(=O)c3ccc(N4CCCC4)cc3)cc2)c1. The first kappa shape index (κ1) is 22.1. The van der Waals surface area contributed by atoms with Crippen molar-refractivity contribution in [3.8, 4) is 5.75 Å². The summed E-state index contributed by atoms with van der Waals surface area (Å²) in [5, 5.41) is 13.1. The first-order valence-corrected chi connectivity index (χ1v) is 10.8. The molecule has 2 N–H and O–H groups in total. The van der Waals surface area contributed by atoms with Crippen LogP contribution in [0.25, 0.3) is 0 Å². The van der Waals surface area contributed by atoms with Crippen molar-refractivity contribution < 1.29 is 19.4 Å². The number of carboxylic acids is 1. The van der Waals surface area contributed by atoms with E-state index in [1.54, 1.807) is 36.5 Å². The molecule has 0 aliphatic carbocycles. The maximum Gasteiger partial charge on any atom is 0.335 e. The number of carbonyl (C=O) groups is 2. The van der Waals surface area contributed by atoms with Crippen LogP contribution in [-0.4, -0.2) is 36.3 Å². The third kappa shape index (κ3) is 5.98. The summed E-state index contributed by atoms with van der Waals surface area (Å²) in [6.07, 6.45) is 3.99. The van der Waals surface area contributed by atoms with Crippen LogP contribution >= 0.6 is 0 Å². The lowest BCUT2D eigenvalue weighted by Gasteiger charge is -2.17. The van der Waals surface area contributed by atoms with Crippen LogP contribution in [-0.2, 0) is 6.61 Å². The number of hydrogen-bond acceptors (Lipinski definition) is 5. The molecule has 0 bridgehead atoms. The summed E-state index contributed by atoms with van der Waals surface area (Å²) in [5.41, 5.74) is 6.06. The van der Waals surface area contributed by atoms with Gasteiger partial charge in [-0.1, -0.05) is 12.1 Å². The molecule has 0 saturated carbocycles. The molecule has 0 unspecified atom stereocenters. The van der Waals surface area contributed by atoms with Gasteiger partial charge in [0.2, 0.25) is 0 Å². The molecule has 0 radical (unpaired) electrons. The molecule has 0 atom stereocenters. The van der Waals surface area contributed by atoms with Crippen molar-refractivity contribution in [3.05, 3.63) is 95.1 Å². The fourth-order valence-electron chi connectivity index (χ4n) is 3.64. The van der Waals surface area contributed by atoms with E-state index in [1.165, 1.54) is 12.8 Å². The number of hydrazone groups is 1. The normalized spacial score (nSPS) is 13.3. The standard InChI is InChI=1S/C26H25N3O4/c30-25(21-8-10-23(11-9-21)29-14-1-2-15-29)28-27-17-19-6-12-24(13-7-19)33-18-20-4-3-5-22(16-20)26(31)32/h3-13,16-17H,1-2,14-15,18H2,(H,28,30)(H,31,32)/b27-17-. The molecule has 33 heavy (non-hydrogen) atoms. The zero-order valence-corrected chi connectivity index (χ0v) is 18.1. The second-order valence-corrected chi connectivity index (χ2v) is 7.80. The van der Waals surface area contributed by atoms with E-state index in [4.69, 9.17) is 9.84 Å². The van der Waals surface area contributed by atoms with E-state index in [0.29, 0.717) is 11.3 Å². The average Bonchev–Trinajstić information content (AvgIpc) is 3.39. The number of amides is 1. The summed E-state index contributed by atoms with van der Waals surface area (Å²) >= 11 is 0. The van der Waals surface area contributed by atoms with Crippen LogP contribution in [0.5, 0.6) is 5.75 Å². The highest BCUT2D eigenvalue weighted by Gasteiger charge is 2.13. The largest absolute Gasteiger partial charge is 0.489 e. The molecule has 1 aliphatic heterocycles. The quantitative estimate of drug-likeness (QED) is 0.400. The maximum atomic E-state index is 12.3. The van der Waals surface area contributed by atoms with Crippen molar-refractivity contribution in [2.45, 2.75) is 19.4 Å². The van der Waals surface area contributed by atoms with Gasteiger partial charge in [-0.05, 0) is 84.6 Å². The van der Waals surface area contributed by atoms with E-state index in [1.807, 2.05) is 42.5 Å². The number of benzene rings is 3. The average molecular weight is 444 g/mol. The van der Waals surface area contributed by atoms with E-state index in [9.17, 15) is 9.59 Å². The molecule has 168 valence electrons. The molecule has 7 heteroatoms. The first-order valence-electron chi connectivity index (χ1n) is 10.8. The number of nitrogens with one attached hydrogen (secondary N) is 1. The van der Waals surface area contributed by atoms with Crippen molar-refractivity contribution in [2.75, 3.05) is 18.0 Å². The molecule has 0 spiro atoms. The molecule has 4 rings (SSSR count). The summed E-state index contributed by atoms with van der Waals surface area (Å²) < 4.78 is 5.72. The molecule has 1 amide bonds. The Labute approximate surface area is 192 Å². The van der Waals surface area contributed by atoms with Gasteiger partial charge in [0, 0.05) is 24.3 Å². The molecule has 1 saturated heterocycles. The topological polar surface area (TPSA) is 91.2 Å². The van der Waals surface area contributed by atoms with Crippen molar-refractivity contribution in [3.63, 3.8) is 0 Å². The van der Waals surface area contributed by atoms with Crippen LogP contribution in [0, 0.1) is 0 Å². The van der Waals surface area contributed by atoms with Gasteiger partial charge >= 0.3 is 5.97 Å². The van der Waals surface area contributed by atoms with E-state index in [-0.39, 0.29) is 18.1 Å². The summed E-state index contributed by atoms with van der Waals surface area (Å²) in [6, 6.07) is 21.5. The Morgan fingerprint density at radius 1 is 0.970 bits per heavy atom. The van der Waals surface area contributed by atoms with E-state index >= 15 is 0 Å². The highest BCUT2D eigenvalue weighted by atomic mass is 16.5. The Hall–Kier alpha value is -4.13. The summed E-state index contributed by atoms with van der Waals surface area (Å²) in [7, 11) is 0. The van der Waals surface area contributed by atoms with Crippen molar-refractivity contribution in [1.82, 2.24) is 5.43 Å². The van der Waals surface area contributed by atoms with Crippen LogP contribution in [0.15, 0.2) is 77.9 Å². The zero-order valence-electron chi connectivity index (χ0n) is 18.1. The van der Waals surface area contributed by atoms with Gasteiger partial charge in [0.1, 0.15) is 12.4 Å². The smallest absolute Gasteiger partial charge is 0.335 e. The molecular formula is C26H25N3O4. The minimum atomic E-state index is -0.966. The number of carbonyl (C=O) groups excluding carboxylic acids is 1. The van der Waals surface area contributed by atoms with Gasteiger partial charge < -0.3 is 14.7 Å². The van der Waals surface area contributed by atoms with Gasteiger partial charge in [-0.15, -0.1) is 0 Å². The van der Waals surface area contributed by atoms with Crippen LogP contribution in [0.3, 0.4) is 0 Å². The molecular weight excluding hydrogens is 418 g/mol. The number of anilines is 1. The number of hydrogen-bond donors (Lipinski definition) is 2. The fourth-order valence-corrected chi connectivity index (χ4v) is 3.64. The Balaban J connectivity index is 1.27. The van der Waals surface area contributed by atoms with Crippen molar-refractivity contribution >= 4 is 23.8 Å². The van der Waals surface area contributed by atoms with Crippen molar-refractivity contribution in [2.24, 2.45) is 5.10 Å². The minimum Gasteiger partial charge on any atom is -0.489 e. The van der Waals surface area contributed by atoms with Crippen molar-refractivity contribution in [1.29, 1.82) is 0 Å². The first-order chi connectivity index (χ1) is 16.1. The molecule has 1 heterocycles. The number of nitrogens with zero attached hydrogens (tertiary/aromatic N) is 2. The summed E-state index contributed by atoms with van der Waals surface area (Å²) in [6.45, 7) is 2.40. The van der Waals surface area contributed by atoms with E-state index < -0.39 is 5.97 Å². The Bertz CT molecular complexity index is 1130. The second kappa shape index (κ2) is 10.5. The summed E-state index contributed by atoms with van der Waals surface area (Å²) in [5.74, 6) is -0.579. The lowest BCUT2D eigenvalue weighted by atomic mass is 10.1. The van der Waals surface area contributed by atoms with Gasteiger partial charge in [-0.25, -0.2) is 10.2 Å². The Morgan fingerprint density at radius 2 is 1.70 bits per heavy atom. The lowest BCUT2D eigenvalue weighted by molar-refractivity contribution is 0.0696. The highest BCUT2D eigenvalue weighted by Crippen LogP contribution is 2.20. The third-order valence-electron chi connectivity index (χ3n) is 5.44. The van der Waals surface area contributed by atoms with Gasteiger partial charge in [0.05, 0.1) is 11.8 Å². The summed E-state index contributed by atoms with van der Waals surface area (Å²) in [4.78, 5) is 25.7. The second-order valence-electron chi connectivity index (χ2n) is 7.80. The predicted molar refractivity (Wildman–Crippen MR) is 127 cm³/mol. The molecule has 3 aromatic carbocycles. The Morgan fingerprint density at radius 3 is 2.39 bits per heavy atom. The minimum absolute atomic E-state index is 0.229. The van der Waals surface area contributed by atoms with E-state index in [2.05, 4.69) is 15.4 Å². The number of ether oxygens (including phenoxy) is 1. The van der Waals surface area contributed by atoms with Crippen LogP contribution < -0.4 is 15.1 Å². The molecule has 0 aromatic heterocycles. The van der Waals surface area contributed by atoms with Gasteiger partial charge in [-0.2, -0.15) is 5.10 Å². The van der Waals surface area contributed by atoms with E-state index in [0.717, 1.165) is 29.9 Å². The number of rotatable bonds is 8. The third-order valence-corrected chi connectivity index (χ3v) is 5.44. The highest BCUT2D eigenvalue weighted by molar-refractivity contribution is 5.95. The monoisotopic (exact) mass is 443 g/mol. The number of carboxylic acid groups (broad SMARTS) is 1. The number of aromatic carboxylic acids is 1. The molecule has 3 aromatic rings. The van der Waals surface area contributed by atoms with Crippen LogP contribution in [0.1, 0.15) is 44.7 Å². The molecule has 7 nitrogen and oxygen atoms in total. The fraction of sp³-hybridized carbons (Fsp3) is 0.192. The van der Waals surface area contributed by atoms with Gasteiger partial charge in [-0.3, -0.25) is 4.79 Å². The maximum absolute atomic E-state index is 12.3. The van der Waals surface area contributed by atoms with Crippen LogP contribution in [0.4, 0.5) is 5.69 Å². The predicted octanol–water partition coefficient (Wildman–Crippen LogP) is 4.33. The lowest BCUT2D eigenvalue weighted by Crippen LogP contribution is -2.19. The van der Waals surface area contributed by atoms with Gasteiger partial charge in [0.25, 0.3) is 5.91 Å². The zero-order chi connectivity index (χ0) is 23.0.